The Balaban J connectivity index is 2.47. The molecule has 0 unspecified atom stereocenters. The summed E-state index contributed by atoms with van der Waals surface area (Å²) < 4.78 is 10.6. The smallest absolute Gasteiger partial charge is 0.196 e. The lowest BCUT2D eigenvalue weighted by Gasteiger charge is -2.04. The van der Waals surface area contributed by atoms with Crippen LogP contribution in [0.3, 0.4) is 0 Å². The van der Waals surface area contributed by atoms with Gasteiger partial charge < -0.3 is 9.15 Å². The quantitative estimate of drug-likeness (QED) is 0.776. The third-order valence-electron chi connectivity index (χ3n) is 3.12. The average molecular weight is 244 g/mol. The molecule has 0 aliphatic heterocycles. The maximum atomic E-state index is 12.5. The van der Waals surface area contributed by atoms with Crippen LogP contribution in [-0.2, 0) is 0 Å². The van der Waals surface area contributed by atoms with Crippen molar-refractivity contribution in [1.82, 2.24) is 0 Å². The third kappa shape index (κ3) is 2.04. The molecule has 2 rings (SSSR count). The van der Waals surface area contributed by atoms with Crippen LogP contribution >= 0.6 is 0 Å². The maximum Gasteiger partial charge on any atom is 0.196 e. The summed E-state index contributed by atoms with van der Waals surface area (Å²) in [6, 6.07) is 7.15. The highest BCUT2D eigenvalue weighted by molar-refractivity contribution is 6.10. The van der Waals surface area contributed by atoms with E-state index in [0.29, 0.717) is 22.6 Å². The van der Waals surface area contributed by atoms with Gasteiger partial charge in [-0.15, -0.1) is 0 Å². The Hall–Kier alpha value is -2.03. The van der Waals surface area contributed by atoms with Gasteiger partial charge in [-0.2, -0.15) is 0 Å². The van der Waals surface area contributed by atoms with Crippen LogP contribution in [0, 0.1) is 20.8 Å². The molecule has 0 spiro atoms. The SMILES string of the molecule is COc1cccc(C(=O)c2c(C)oc(C)c2C)c1. The number of benzene rings is 1. The van der Waals surface area contributed by atoms with E-state index in [-0.39, 0.29) is 5.78 Å². The first kappa shape index (κ1) is 12.4. The number of hydrogen-bond acceptors (Lipinski definition) is 3. The van der Waals surface area contributed by atoms with E-state index in [0.717, 1.165) is 11.3 Å². The summed E-state index contributed by atoms with van der Waals surface area (Å²) in [5.74, 6) is 2.11. The molecule has 18 heavy (non-hydrogen) atoms. The molecule has 0 amide bonds. The fourth-order valence-corrected chi connectivity index (χ4v) is 2.04. The van der Waals surface area contributed by atoms with Crippen LogP contribution in [0.5, 0.6) is 5.75 Å². The van der Waals surface area contributed by atoms with Crippen molar-refractivity contribution < 1.29 is 13.9 Å². The zero-order chi connectivity index (χ0) is 13.3. The molecular weight excluding hydrogens is 228 g/mol. The summed E-state index contributed by atoms with van der Waals surface area (Å²) in [6.45, 7) is 5.58. The van der Waals surface area contributed by atoms with Crippen molar-refractivity contribution in [2.45, 2.75) is 20.8 Å². The Morgan fingerprint density at radius 1 is 1.17 bits per heavy atom. The lowest BCUT2D eigenvalue weighted by atomic mass is 10.00. The Labute approximate surface area is 106 Å². The van der Waals surface area contributed by atoms with Gasteiger partial charge in [0.15, 0.2) is 5.78 Å². The molecule has 1 aromatic carbocycles. The Morgan fingerprint density at radius 2 is 1.89 bits per heavy atom. The zero-order valence-electron chi connectivity index (χ0n) is 11.0. The first-order chi connectivity index (χ1) is 8.54. The minimum Gasteiger partial charge on any atom is -0.497 e. The van der Waals surface area contributed by atoms with Crippen LogP contribution in [0.1, 0.15) is 33.0 Å². The largest absolute Gasteiger partial charge is 0.497 e. The molecule has 0 bridgehead atoms. The van der Waals surface area contributed by atoms with Crippen LogP contribution in [-0.4, -0.2) is 12.9 Å². The Bertz CT molecular complexity index is 594. The fraction of sp³-hybridized carbons (Fsp3) is 0.267. The van der Waals surface area contributed by atoms with Gasteiger partial charge in [-0.05, 0) is 32.9 Å². The number of carbonyl (C=O) groups is 1. The van der Waals surface area contributed by atoms with Crippen LogP contribution < -0.4 is 4.74 Å². The molecule has 0 atom stereocenters. The first-order valence-corrected chi connectivity index (χ1v) is 5.80. The van der Waals surface area contributed by atoms with Gasteiger partial charge in [-0.25, -0.2) is 0 Å². The van der Waals surface area contributed by atoms with Gasteiger partial charge >= 0.3 is 0 Å². The number of carbonyl (C=O) groups excluding carboxylic acids is 1. The lowest BCUT2D eigenvalue weighted by Crippen LogP contribution is -2.04. The van der Waals surface area contributed by atoms with E-state index in [1.807, 2.05) is 32.9 Å². The van der Waals surface area contributed by atoms with Crippen LogP contribution in [0.15, 0.2) is 28.7 Å². The highest BCUT2D eigenvalue weighted by Crippen LogP contribution is 2.25. The number of furan rings is 1. The predicted octanol–water partition coefficient (Wildman–Crippen LogP) is 3.44. The molecule has 0 saturated carbocycles. The van der Waals surface area contributed by atoms with E-state index in [1.54, 1.807) is 19.2 Å². The predicted molar refractivity (Wildman–Crippen MR) is 69.3 cm³/mol. The lowest BCUT2D eigenvalue weighted by molar-refractivity contribution is 0.103. The molecule has 0 aliphatic carbocycles. The molecule has 0 N–H and O–H groups in total. The van der Waals surface area contributed by atoms with Crippen molar-refractivity contribution in [3.63, 3.8) is 0 Å². The van der Waals surface area contributed by atoms with E-state index < -0.39 is 0 Å². The summed E-state index contributed by atoms with van der Waals surface area (Å²) in [4.78, 5) is 12.5. The van der Waals surface area contributed by atoms with Gasteiger partial charge in [0.2, 0.25) is 0 Å². The number of methoxy groups -OCH3 is 1. The van der Waals surface area contributed by atoms with Crippen molar-refractivity contribution in [2.75, 3.05) is 7.11 Å². The summed E-state index contributed by atoms with van der Waals surface area (Å²) in [5, 5.41) is 0. The molecule has 0 saturated heterocycles. The summed E-state index contributed by atoms with van der Waals surface area (Å²) in [6.07, 6.45) is 0. The third-order valence-corrected chi connectivity index (χ3v) is 3.12. The Kier molecular flexibility index (Phi) is 3.24. The molecule has 0 aliphatic rings. The standard InChI is InChI=1S/C15H16O3/c1-9-10(2)18-11(3)14(9)15(16)12-6-5-7-13(8-12)17-4/h5-8H,1-4H3. The topological polar surface area (TPSA) is 39.4 Å². The number of ketones is 1. The first-order valence-electron chi connectivity index (χ1n) is 5.80. The highest BCUT2D eigenvalue weighted by atomic mass is 16.5. The molecular formula is C15H16O3. The van der Waals surface area contributed by atoms with Crippen molar-refractivity contribution >= 4 is 5.78 Å². The van der Waals surface area contributed by atoms with Gasteiger partial charge in [0, 0.05) is 11.1 Å². The van der Waals surface area contributed by atoms with Gasteiger partial charge in [0.25, 0.3) is 0 Å². The normalized spacial score (nSPS) is 10.4. The number of hydrogen-bond donors (Lipinski definition) is 0. The van der Waals surface area contributed by atoms with E-state index in [4.69, 9.17) is 9.15 Å². The molecule has 0 radical (unpaired) electrons. The molecule has 1 aromatic heterocycles. The van der Waals surface area contributed by atoms with Gasteiger partial charge in [-0.3, -0.25) is 4.79 Å². The van der Waals surface area contributed by atoms with Crippen molar-refractivity contribution in [1.29, 1.82) is 0 Å². The molecule has 3 nitrogen and oxygen atoms in total. The van der Waals surface area contributed by atoms with Crippen LogP contribution in [0.4, 0.5) is 0 Å². The van der Waals surface area contributed by atoms with E-state index in [1.165, 1.54) is 0 Å². The van der Waals surface area contributed by atoms with Gasteiger partial charge in [0.05, 0.1) is 12.7 Å². The number of rotatable bonds is 3. The second kappa shape index (κ2) is 4.69. The van der Waals surface area contributed by atoms with E-state index in [9.17, 15) is 4.79 Å². The van der Waals surface area contributed by atoms with Gasteiger partial charge in [0.1, 0.15) is 17.3 Å². The van der Waals surface area contributed by atoms with E-state index >= 15 is 0 Å². The van der Waals surface area contributed by atoms with Gasteiger partial charge in [-0.1, -0.05) is 12.1 Å². The number of ether oxygens (including phenoxy) is 1. The van der Waals surface area contributed by atoms with E-state index in [2.05, 4.69) is 0 Å². The van der Waals surface area contributed by atoms with Crippen molar-refractivity contribution in [2.24, 2.45) is 0 Å². The molecule has 3 heteroatoms. The molecule has 94 valence electrons. The minimum absolute atomic E-state index is 0.0271. The monoisotopic (exact) mass is 244 g/mol. The van der Waals surface area contributed by atoms with Crippen LogP contribution in [0.25, 0.3) is 0 Å². The fourth-order valence-electron chi connectivity index (χ4n) is 2.04. The molecule has 0 fully saturated rings. The highest BCUT2D eigenvalue weighted by Gasteiger charge is 2.20. The summed E-state index contributed by atoms with van der Waals surface area (Å²) in [5.41, 5.74) is 2.17. The minimum atomic E-state index is -0.0271. The average Bonchev–Trinajstić information content (AvgIpc) is 2.62. The second-order valence-electron chi connectivity index (χ2n) is 4.28. The number of aryl methyl sites for hydroxylation is 2. The van der Waals surface area contributed by atoms with Crippen LogP contribution in [0.2, 0.25) is 0 Å². The summed E-state index contributed by atoms with van der Waals surface area (Å²) in [7, 11) is 1.59. The summed E-state index contributed by atoms with van der Waals surface area (Å²) >= 11 is 0. The maximum absolute atomic E-state index is 12.5. The van der Waals surface area contributed by atoms with Crippen molar-refractivity contribution in [3.8, 4) is 5.75 Å². The molecule has 2 aromatic rings. The van der Waals surface area contributed by atoms with Crippen molar-refractivity contribution in [3.05, 3.63) is 52.5 Å². The second-order valence-corrected chi connectivity index (χ2v) is 4.28. The zero-order valence-corrected chi connectivity index (χ0v) is 11.0. The molecule has 1 heterocycles. The Morgan fingerprint density at radius 3 is 2.44 bits per heavy atom.